The van der Waals surface area contributed by atoms with E-state index in [2.05, 4.69) is 5.32 Å². The third kappa shape index (κ3) is 3.51. The van der Waals surface area contributed by atoms with Crippen LogP contribution in [0.25, 0.3) is 0 Å². The van der Waals surface area contributed by atoms with E-state index in [4.69, 9.17) is 0 Å². The van der Waals surface area contributed by atoms with Crippen molar-refractivity contribution in [2.75, 3.05) is 18.0 Å². The van der Waals surface area contributed by atoms with E-state index in [1.54, 1.807) is 12.1 Å². The molecular weight excluding hydrogens is 277 g/mol. The molecule has 118 valence electrons. The predicted molar refractivity (Wildman–Crippen MR) is 79.5 cm³/mol. The molecule has 0 spiro atoms. The first-order valence-corrected chi connectivity index (χ1v) is 7.30. The highest BCUT2D eigenvalue weighted by Crippen LogP contribution is 2.38. The van der Waals surface area contributed by atoms with Gasteiger partial charge in [0.1, 0.15) is 0 Å². The van der Waals surface area contributed by atoms with Gasteiger partial charge < -0.3 is 10.2 Å². The molecule has 0 aromatic heterocycles. The van der Waals surface area contributed by atoms with Crippen molar-refractivity contribution in [1.82, 2.24) is 5.32 Å². The molecule has 1 atom stereocenters. The summed E-state index contributed by atoms with van der Waals surface area (Å²) in [5.41, 5.74) is -0.462. The van der Waals surface area contributed by atoms with Crippen molar-refractivity contribution >= 4 is 5.69 Å². The summed E-state index contributed by atoms with van der Waals surface area (Å²) in [5.74, 6) is 0.273. The lowest BCUT2D eigenvalue weighted by Gasteiger charge is -2.48. The SMILES string of the molecule is CC(C)C1CNC(C)(C)CN1c1ccccc1C(F)(F)F. The highest BCUT2D eigenvalue weighted by Gasteiger charge is 2.39. The Bertz CT molecular complexity index is 495. The second-order valence-electron chi connectivity index (χ2n) is 6.72. The molecule has 0 amide bonds. The van der Waals surface area contributed by atoms with Crippen LogP contribution in [-0.2, 0) is 6.18 Å². The second kappa shape index (κ2) is 5.52. The smallest absolute Gasteiger partial charge is 0.365 e. The molecule has 1 N–H and O–H groups in total. The van der Waals surface area contributed by atoms with E-state index < -0.39 is 11.7 Å². The van der Waals surface area contributed by atoms with E-state index in [-0.39, 0.29) is 17.5 Å². The molecule has 21 heavy (non-hydrogen) atoms. The van der Waals surface area contributed by atoms with Crippen molar-refractivity contribution < 1.29 is 13.2 Å². The molecule has 0 radical (unpaired) electrons. The second-order valence-corrected chi connectivity index (χ2v) is 6.72. The van der Waals surface area contributed by atoms with Gasteiger partial charge in [-0.2, -0.15) is 13.2 Å². The Hall–Kier alpha value is -1.23. The maximum Gasteiger partial charge on any atom is 0.418 e. The van der Waals surface area contributed by atoms with E-state index in [1.165, 1.54) is 12.1 Å². The number of alkyl halides is 3. The van der Waals surface area contributed by atoms with Gasteiger partial charge in [-0.05, 0) is 31.9 Å². The van der Waals surface area contributed by atoms with Gasteiger partial charge in [0.15, 0.2) is 0 Å². The van der Waals surface area contributed by atoms with Crippen molar-refractivity contribution in [3.63, 3.8) is 0 Å². The van der Waals surface area contributed by atoms with Gasteiger partial charge in [0.05, 0.1) is 5.56 Å². The van der Waals surface area contributed by atoms with Crippen LogP contribution in [0.5, 0.6) is 0 Å². The number of benzene rings is 1. The molecular formula is C16H23F3N2. The number of hydrogen-bond acceptors (Lipinski definition) is 2. The Balaban J connectivity index is 2.46. The molecule has 2 rings (SSSR count). The summed E-state index contributed by atoms with van der Waals surface area (Å²) in [6.45, 7) is 9.39. The highest BCUT2D eigenvalue weighted by atomic mass is 19.4. The van der Waals surface area contributed by atoms with Crippen LogP contribution in [-0.4, -0.2) is 24.7 Å². The Morgan fingerprint density at radius 1 is 1.24 bits per heavy atom. The van der Waals surface area contributed by atoms with Gasteiger partial charge >= 0.3 is 6.18 Å². The number of anilines is 1. The summed E-state index contributed by atoms with van der Waals surface area (Å²) in [6.07, 6.45) is -4.33. The standard InChI is InChI=1S/C16H23F3N2/c1-11(2)14-9-20-15(3,4)10-21(14)13-8-6-5-7-12(13)16(17,18)19/h5-8,11,14,20H,9-10H2,1-4H3. The van der Waals surface area contributed by atoms with Crippen LogP contribution in [0, 0.1) is 5.92 Å². The number of para-hydroxylation sites is 1. The Morgan fingerprint density at radius 3 is 2.43 bits per heavy atom. The van der Waals surface area contributed by atoms with Crippen molar-refractivity contribution in [3.8, 4) is 0 Å². The fourth-order valence-electron chi connectivity index (χ4n) is 2.91. The van der Waals surface area contributed by atoms with E-state index in [0.29, 0.717) is 18.8 Å². The van der Waals surface area contributed by atoms with E-state index >= 15 is 0 Å². The molecule has 1 aromatic rings. The third-order valence-electron chi connectivity index (χ3n) is 4.04. The van der Waals surface area contributed by atoms with E-state index in [9.17, 15) is 13.2 Å². The monoisotopic (exact) mass is 300 g/mol. The first kappa shape index (κ1) is 16.1. The number of piperazine rings is 1. The number of hydrogen-bond donors (Lipinski definition) is 1. The molecule has 0 saturated carbocycles. The molecule has 5 heteroatoms. The van der Waals surface area contributed by atoms with Crippen LogP contribution in [0.15, 0.2) is 24.3 Å². The van der Waals surface area contributed by atoms with E-state index in [0.717, 1.165) is 0 Å². The lowest BCUT2D eigenvalue weighted by Crippen LogP contribution is -2.63. The van der Waals surface area contributed by atoms with Gasteiger partial charge in [-0.15, -0.1) is 0 Å². The average Bonchev–Trinajstić information content (AvgIpc) is 2.36. The highest BCUT2D eigenvalue weighted by molar-refractivity contribution is 5.56. The first-order chi connectivity index (χ1) is 9.62. The van der Waals surface area contributed by atoms with Crippen LogP contribution in [0.2, 0.25) is 0 Å². The van der Waals surface area contributed by atoms with E-state index in [1.807, 2.05) is 32.6 Å². The minimum Gasteiger partial charge on any atom is -0.365 e. The van der Waals surface area contributed by atoms with Gasteiger partial charge in [0.25, 0.3) is 0 Å². The molecule has 1 fully saturated rings. The Labute approximate surface area is 124 Å². The van der Waals surface area contributed by atoms with Gasteiger partial charge in [0, 0.05) is 30.4 Å². The molecule has 2 nitrogen and oxygen atoms in total. The number of rotatable bonds is 2. The van der Waals surface area contributed by atoms with Crippen LogP contribution >= 0.6 is 0 Å². The normalized spacial score (nSPS) is 22.7. The molecule has 1 saturated heterocycles. The van der Waals surface area contributed by atoms with Gasteiger partial charge in [0.2, 0.25) is 0 Å². The summed E-state index contributed by atoms with van der Waals surface area (Å²) in [6, 6.07) is 5.93. The fraction of sp³-hybridized carbons (Fsp3) is 0.625. The predicted octanol–water partition coefficient (Wildman–Crippen LogP) is 3.92. The summed E-state index contributed by atoms with van der Waals surface area (Å²) in [5, 5.41) is 3.42. The van der Waals surface area contributed by atoms with Gasteiger partial charge in [-0.1, -0.05) is 26.0 Å². The van der Waals surface area contributed by atoms with Crippen molar-refractivity contribution in [1.29, 1.82) is 0 Å². The summed E-state index contributed by atoms with van der Waals surface area (Å²) in [7, 11) is 0. The van der Waals surface area contributed by atoms with Crippen LogP contribution in [0.4, 0.5) is 18.9 Å². The third-order valence-corrected chi connectivity index (χ3v) is 4.04. The zero-order valence-electron chi connectivity index (χ0n) is 13.0. The maximum atomic E-state index is 13.3. The molecule has 1 aliphatic rings. The molecule has 0 aliphatic carbocycles. The topological polar surface area (TPSA) is 15.3 Å². The van der Waals surface area contributed by atoms with Crippen molar-refractivity contribution in [2.45, 2.75) is 45.5 Å². The zero-order chi connectivity index (χ0) is 15.8. The van der Waals surface area contributed by atoms with Crippen molar-refractivity contribution in [2.24, 2.45) is 5.92 Å². The number of halogens is 3. The maximum absolute atomic E-state index is 13.3. The molecule has 1 unspecified atom stereocenters. The molecule has 0 bridgehead atoms. The molecule has 1 aromatic carbocycles. The Morgan fingerprint density at radius 2 is 1.86 bits per heavy atom. The zero-order valence-corrected chi connectivity index (χ0v) is 13.0. The summed E-state index contributed by atoms with van der Waals surface area (Å²) >= 11 is 0. The number of nitrogens with zero attached hydrogens (tertiary/aromatic N) is 1. The van der Waals surface area contributed by atoms with Gasteiger partial charge in [-0.25, -0.2) is 0 Å². The lowest BCUT2D eigenvalue weighted by molar-refractivity contribution is -0.137. The molecule has 1 aliphatic heterocycles. The quantitative estimate of drug-likeness (QED) is 0.890. The summed E-state index contributed by atoms with van der Waals surface area (Å²) < 4.78 is 39.8. The Kier molecular flexibility index (Phi) is 4.24. The average molecular weight is 300 g/mol. The fourth-order valence-corrected chi connectivity index (χ4v) is 2.91. The van der Waals surface area contributed by atoms with Gasteiger partial charge in [-0.3, -0.25) is 0 Å². The minimum atomic E-state index is -4.33. The number of nitrogens with one attached hydrogen (secondary N) is 1. The van der Waals surface area contributed by atoms with Crippen LogP contribution < -0.4 is 10.2 Å². The lowest BCUT2D eigenvalue weighted by atomic mass is 9.91. The van der Waals surface area contributed by atoms with Crippen LogP contribution in [0.3, 0.4) is 0 Å². The van der Waals surface area contributed by atoms with Crippen LogP contribution in [0.1, 0.15) is 33.3 Å². The first-order valence-electron chi connectivity index (χ1n) is 7.30. The molecule has 1 heterocycles. The summed E-state index contributed by atoms with van der Waals surface area (Å²) in [4.78, 5) is 1.92. The largest absolute Gasteiger partial charge is 0.418 e. The van der Waals surface area contributed by atoms with Crippen molar-refractivity contribution in [3.05, 3.63) is 29.8 Å². The minimum absolute atomic E-state index is 0.0570.